The maximum absolute atomic E-state index is 12.1. The second-order valence-corrected chi connectivity index (χ2v) is 4.89. The van der Waals surface area contributed by atoms with Gasteiger partial charge in [0.25, 0.3) is 5.91 Å². The average Bonchev–Trinajstić information content (AvgIpc) is 2.22. The summed E-state index contributed by atoms with van der Waals surface area (Å²) in [7, 11) is 5.45. The molecule has 3 nitrogen and oxygen atoms in total. The van der Waals surface area contributed by atoms with Gasteiger partial charge in [-0.3, -0.25) is 9.80 Å². The fourth-order valence-corrected chi connectivity index (χ4v) is 1.67. The number of hydrogen-bond acceptors (Lipinski definition) is 2. The van der Waals surface area contributed by atoms with Crippen LogP contribution < -0.4 is 0 Å². The Balaban J connectivity index is 3.11. The maximum atomic E-state index is 12.1. The van der Waals surface area contributed by atoms with Crippen LogP contribution in [-0.2, 0) is 0 Å². The van der Waals surface area contributed by atoms with Crippen LogP contribution in [0.25, 0.3) is 0 Å². The molecule has 4 heteroatoms. The van der Waals surface area contributed by atoms with Gasteiger partial charge in [0.15, 0.2) is 0 Å². The van der Waals surface area contributed by atoms with Crippen molar-refractivity contribution in [3.63, 3.8) is 0 Å². The third-order valence-corrected chi connectivity index (χ3v) is 3.83. The molecule has 0 fully saturated rings. The molecule has 0 aliphatic rings. The van der Waals surface area contributed by atoms with Crippen molar-refractivity contribution in [1.82, 2.24) is 10.0 Å². The summed E-state index contributed by atoms with van der Waals surface area (Å²) in [6, 6.07) is 3.80. The smallest absolute Gasteiger partial charge is 0.267 e. The number of halogens is 1. The van der Waals surface area contributed by atoms with Crippen LogP contribution >= 0.6 is 15.9 Å². The minimum absolute atomic E-state index is 0.00343. The first-order chi connectivity index (χ1) is 7.34. The lowest BCUT2D eigenvalue weighted by molar-refractivity contribution is 0.0341. The molecule has 0 saturated carbocycles. The Kier molecular flexibility index (Phi) is 4.10. The summed E-state index contributed by atoms with van der Waals surface area (Å²) in [4.78, 5) is 12.1. The maximum Gasteiger partial charge on any atom is 0.267 e. The molecule has 0 spiro atoms. The first-order valence-electron chi connectivity index (χ1n) is 5.06. The third-order valence-electron chi connectivity index (χ3n) is 2.58. The van der Waals surface area contributed by atoms with Crippen molar-refractivity contribution in [1.29, 1.82) is 0 Å². The van der Waals surface area contributed by atoms with Gasteiger partial charge in [-0.05, 0) is 37.1 Å². The molecule has 1 amide bonds. The average molecular weight is 285 g/mol. The predicted octanol–water partition coefficient (Wildman–Crippen LogP) is 2.61. The van der Waals surface area contributed by atoms with Crippen LogP contribution in [0.5, 0.6) is 0 Å². The van der Waals surface area contributed by atoms with E-state index < -0.39 is 0 Å². The van der Waals surface area contributed by atoms with Gasteiger partial charge in [-0.2, -0.15) is 0 Å². The van der Waals surface area contributed by atoms with E-state index >= 15 is 0 Å². The molecule has 0 unspecified atom stereocenters. The van der Waals surface area contributed by atoms with Crippen LogP contribution in [0.3, 0.4) is 0 Å². The van der Waals surface area contributed by atoms with E-state index in [0.29, 0.717) is 0 Å². The van der Waals surface area contributed by atoms with Crippen LogP contribution in [0.2, 0.25) is 0 Å². The lowest BCUT2D eigenvalue weighted by Gasteiger charge is -2.24. The summed E-state index contributed by atoms with van der Waals surface area (Å²) in [5, 5.41) is 3.34. The molecule has 0 aliphatic carbocycles. The highest BCUT2D eigenvalue weighted by molar-refractivity contribution is 9.10. The number of aryl methyl sites for hydroxylation is 2. The lowest BCUT2D eigenvalue weighted by atomic mass is 10.1. The van der Waals surface area contributed by atoms with Crippen molar-refractivity contribution >= 4 is 21.8 Å². The van der Waals surface area contributed by atoms with E-state index in [-0.39, 0.29) is 5.91 Å². The van der Waals surface area contributed by atoms with Crippen molar-refractivity contribution in [2.45, 2.75) is 13.8 Å². The van der Waals surface area contributed by atoms with Gasteiger partial charge in [0.2, 0.25) is 0 Å². The SMILES string of the molecule is Cc1cc(C(=O)N(C)N(C)C)cc(C)c1Br. The number of carbonyl (C=O) groups excluding carboxylic acids is 1. The zero-order valence-electron chi connectivity index (χ0n) is 10.3. The summed E-state index contributed by atoms with van der Waals surface area (Å²) in [6.45, 7) is 3.98. The molecule has 0 aliphatic heterocycles. The van der Waals surface area contributed by atoms with Gasteiger partial charge in [0, 0.05) is 31.2 Å². The molecule has 1 aromatic rings. The molecule has 0 radical (unpaired) electrons. The Morgan fingerprint density at radius 2 is 1.56 bits per heavy atom. The van der Waals surface area contributed by atoms with Crippen molar-refractivity contribution in [3.8, 4) is 0 Å². The Labute approximate surface area is 105 Å². The summed E-state index contributed by atoms with van der Waals surface area (Å²) in [6.07, 6.45) is 0. The highest BCUT2D eigenvalue weighted by atomic mass is 79.9. The van der Waals surface area contributed by atoms with Gasteiger partial charge in [-0.25, -0.2) is 5.01 Å². The zero-order chi connectivity index (χ0) is 12.5. The summed E-state index contributed by atoms with van der Waals surface area (Å²) >= 11 is 3.49. The summed E-state index contributed by atoms with van der Waals surface area (Å²) < 4.78 is 1.07. The van der Waals surface area contributed by atoms with Gasteiger partial charge in [0.1, 0.15) is 0 Å². The molecule has 0 atom stereocenters. The van der Waals surface area contributed by atoms with Crippen LogP contribution in [0, 0.1) is 13.8 Å². The monoisotopic (exact) mass is 284 g/mol. The number of rotatable bonds is 2. The molecule has 1 aromatic carbocycles. The molecular formula is C12H17BrN2O. The van der Waals surface area contributed by atoms with E-state index in [1.807, 2.05) is 40.1 Å². The molecule has 0 aromatic heterocycles. The van der Waals surface area contributed by atoms with Gasteiger partial charge < -0.3 is 0 Å². The largest absolute Gasteiger partial charge is 0.275 e. The fraction of sp³-hybridized carbons (Fsp3) is 0.417. The highest BCUT2D eigenvalue weighted by Gasteiger charge is 2.15. The second kappa shape index (κ2) is 4.97. The summed E-state index contributed by atoms with van der Waals surface area (Å²) in [5.41, 5.74) is 2.88. The Morgan fingerprint density at radius 1 is 1.12 bits per heavy atom. The highest BCUT2D eigenvalue weighted by Crippen LogP contribution is 2.23. The molecule has 0 bridgehead atoms. The van der Waals surface area contributed by atoms with E-state index in [1.54, 1.807) is 17.1 Å². The first kappa shape index (κ1) is 13.2. The van der Waals surface area contributed by atoms with Crippen LogP contribution in [0.15, 0.2) is 16.6 Å². The normalized spacial score (nSPS) is 10.7. The number of nitrogens with zero attached hydrogens (tertiary/aromatic N) is 2. The number of amides is 1. The van der Waals surface area contributed by atoms with E-state index in [2.05, 4.69) is 15.9 Å². The zero-order valence-corrected chi connectivity index (χ0v) is 11.9. The van der Waals surface area contributed by atoms with Gasteiger partial charge >= 0.3 is 0 Å². The molecule has 1 rings (SSSR count). The van der Waals surface area contributed by atoms with Gasteiger partial charge in [-0.15, -0.1) is 0 Å². The Hall–Kier alpha value is -0.870. The van der Waals surface area contributed by atoms with Crippen LogP contribution in [0.1, 0.15) is 21.5 Å². The lowest BCUT2D eigenvalue weighted by Crippen LogP contribution is -2.38. The molecule has 0 N–H and O–H groups in total. The minimum atomic E-state index is 0.00343. The van der Waals surface area contributed by atoms with Crippen molar-refractivity contribution in [3.05, 3.63) is 33.3 Å². The standard InChI is InChI=1S/C12H17BrN2O/c1-8-6-10(7-9(2)11(8)13)12(16)15(5)14(3)4/h6-7H,1-5H3. The van der Waals surface area contributed by atoms with E-state index in [4.69, 9.17) is 0 Å². The first-order valence-corrected chi connectivity index (χ1v) is 5.86. The van der Waals surface area contributed by atoms with E-state index in [0.717, 1.165) is 21.2 Å². The van der Waals surface area contributed by atoms with Crippen LogP contribution in [-0.4, -0.2) is 37.1 Å². The number of hydrogen-bond donors (Lipinski definition) is 0. The second-order valence-electron chi connectivity index (χ2n) is 4.10. The van der Waals surface area contributed by atoms with Gasteiger partial charge in [0.05, 0.1) is 0 Å². The predicted molar refractivity (Wildman–Crippen MR) is 69.4 cm³/mol. The Bertz CT molecular complexity index is 392. The minimum Gasteiger partial charge on any atom is -0.275 e. The van der Waals surface area contributed by atoms with Crippen molar-refractivity contribution < 1.29 is 4.79 Å². The van der Waals surface area contributed by atoms with Crippen molar-refractivity contribution in [2.75, 3.05) is 21.1 Å². The molecule has 0 heterocycles. The summed E-state index contributed by atoms with van der Waals surface area (Å²) in [5.74, 6) is 0.00343. The van der Waals surface area contributed by atoms with E-state index in [9.17, 15) is 4.79 Å². The molecular weight excluding hydrogens is 268 g/mol. The number of hydrazine groups is 1. The third kappa shape index (κ3) is 2.62. The topological polar surface area (TPSA) is 23.6 Å². The molecule has 16 heavy (non-hydrogen) atoms. The van der Waals surface area contributed by atoms with E-state index in [1.165, 1.54) is 0 Å². The fourth-order valence-electron chi connectivity index (χ4n) is 1.44. The van der Waals surface area contributed by atoms with Crippen molar-refractivity contribution in [2.24, 2.45) is 0 Å². The number of carbonyl (C=O) groups is 1. The number of benzene rings is 1. The van der Waals surface area contributed by atoms with Crippen LogP contribution in [0.4, 0.5) is 0 Å². The molecule has 0 saturated heterocycles. The Morgan fingerprint density at radius 3 is 1.94 bits per heavy atom. The van der Waals surface area contributed by atoms with Gasteiger partial charge in [-0.1, -0.05) is 15.9 Å². The molecule has 88 valence electrons. The quantitative estimate of drug-likeness (QED) is 0.780.